The molecule has 0 aromatic heterocycles. The summed E-state index contributed by atoms with van der Waals surface area (Å²) in [5.41, 5.74) is -0.517. The van der Waals surface area contributed by atoms with Crippen molar-refractivity contribution in [2.24, 2.45) is 56.2 Å². The first-order valence-corrected chi connectivity index (χ1v) is 17.1. The fourth-order valence-corrected chi connectivity index (χ4v) is 12.4. The predicted octanol–water partition coefficient (Wildman–Crippen LogP) is 7.58. The largest absolute Gasteiger partial charge is 0.299 e. The number of hydrogen-bond acceptors (Lipinski definition) is 5. The van der Waals surface area contributed by atoms with Crippen LogP contribution in [0.25, 0.3) is 0 Å². The van der Waals surface area contributed by atoms with E-state index in [2.05, 4.69) is 40.7 Å². The van der Waals surface area contributed by atoms with Crippen LogP contribution in [0.15, 0.2) is 35.9 Å². The number of rotatable bonds is 2. The van der Waals surface area contributed by atoms with E-state index >= 15 is 0 Å². The quantitative estimate of drug-likeness (QED) is 0.323. The zero-order valence-electron chi connectivity index (χ0n) is 28.1. The standard InChI is InChI=1S/C39H48N2O4/c1-34(2)14-16-39(22-41-32(44)24-10-8-9-11-25(24)33(41)45)17-15-38(7)30(26(39)20-34)27(42)18-29-36(5)19-23(21-40)31(43)35(3,4)28(36)12-13-37(29,38)6/h8-11,19,26,28-30H,12-18,20,22H2,1-7H3/t26-,28-,29+,30-,36-,37+,38+,39+/m0/s1. The third-order valence-electron chi connectivity index (χ3n) is 15.0. The number of fused-ring (bicyclic) bond motifs is 8. The van der Waals surface area contributed by atoms with Crippen LogP contribution in [0.4, 0.5) is 0 Å². The Morgan fingerprint density at radius 2 is 1.44 bits per heavy atom. The molecule has 6 heteroatoms. The summed E-state index contributed by atoms with van der Waals surface area (Å²) in [7, 11) is 0. The van der Waals surface area contributed by atoms with E-state index in [1.165, 1.54) is 4.90 Å². The molecule has 8 atom stereocenters. The summed E-state index contributed by atoms with van der Waals surface area (Å²) in [6.07, 6.45) is 8.82. The van der Waals surface area contributed by atoms with Gasteiger partial charge in [0.25, 0.3) is 11.8 Å². The van der Waals surface area contributed by atoms with Gasteiger partial charge >= 0.3 is 0 Å². The molecule has 6 nitrogen and oxygen atoms in total. The molecule has 2 amide bonds. The molecule has 0 radical (unpaired) electrons. The van der Waals surface area contributed by atoms with E-state index in [4.69, 9.17) is 0 Å². The second-order valence-corrected chi connectivity index (χ2v) is 17.8. The van der Waals surface area contributed by atoms with Crippen LogP contribution in [0.2, 0.25) is 0 Å². The summed E-state index contributed by atoms with van der Waals surface area (Å²) in [5, 5.41) is 10.0. The lowest BCUT2D eigenvalue weighted by atomic mass is 9.31. The molecule has 1 heterocycles. The molecule has 1 aromatic carbocycles. The van der Waals surface area contributed by atoms with Crippen LogP contribution in [0, 0.1) is 67.5 Å². The highest BCUT2D eigenvalue weighted by atomic mass is 16.2. The highest BCUT2D eigenvalue weighted by molar-refractivity contribution is 6.21. The Labute approximate surface area is 268 Å². The molecule has 0 spiro atoms. The van der Waals surface area contributed by atoms with Crippen molar-refractivity contribution < 1.29 is 19.2 Å². The summed E-state index contributed by atoms with van der Waals surface area (Å²) < 4.78 is 0. The minimum atomic E-state index is -0.655. The van der Waals surface area contributed by atoms with Crippen molar-refractivity contribution in [3.8, 4) is 6.07 Å². The van der Waals surface area contributed by atoms with Gasteiger partial charge in [0, 0.05) is 24.3 Å². The van der Waals surface area contributed by atoms with Crippen LogP contribution >= 0.6 is 0 Å². The molecular formula is C39H48N2O4. The Morgan fingerprint density at radius 1 is 0.822 bits per heavy atom. The van der Waals surface area contributed by atoms with E-state index in [-0.39, 0.29) is 68.5 Å². The van der Waals surface area contributed by atoms with Crippen LogP contribution in [0.5, 0.6) is 0 Å². The number of imide groups is 1. The highest BCUT2D eigenvalue weighted by Gasteiger charge is 2.72. The van der Waals surface area contributed by atoms with Crippen LogP contribution in [0.1, 0.15) is 121 Å². The fraction of sp³-hybridized carbons (Fsp3) is 0.667. The van der Waals surface area contributed by atoms with Crippen molar-refractivity contribution in [3.05, 3.63) is 47.0 Å². The van der Waals surface area contributed by atoms with Crippen molar-refractivity contribution in [3.63, 3.8) is 0 Å². The van der Waals surface area contributed by atoms with Gasteiger partial charge in [-0.2, -0.15) is 5.26 Å². The van der Waals surface area contributed by atoms with E-state index < -0.39 is 10.8 Å². The summed E-state index contributed by atoms with van der Waals surface area (Å²) in [5.74, 6) is -0.136. The molecule has 238 valence electrons. The van der Waals surface area contributed by atoms with Crippen LogP contribution < -0.4 is 0 Å². The number of allylic oxidation sites excluding steroid dienone is 2. The average molecular weight is 609 g/mol. The Hall–Kier alpha value is -3.07. The average Bonchev–Trinajstić information content (AvgIpc) is 3.21. The molecule has 0 bridgehead atoms. The lowest BCUT2D eigenvalue weighted by Crippen LogP contribution is -2.69. The molecule has 1 aromatic rings. The molecule has 4 fully saturated rings. The van der Waals surface area contributed by atoms with Crippen molar-refractivity contribution in [2.75, 3.05) is 6.54 Å². The minimum Gasteiger partial charge on any atom is -0.299 e. The molecule has 0 N–H and O–H groups in total. The first-order chi connectivity index (χ1) is 21.0. The van der Waals surface area contributed by atoms with Gasteiger partial charge in [-0.3, -0.25) is 24.1 Å². The predicted molar refractivity (Wildman–Crippen MR) is 171 cm³/mol. The van der Waals surface area contributed by atoms with Gasteiger partial charge in [-0.1, -0.05) is 66.7 Å². The van der Waals surface area contributed by atoms with Gasteiger partial charge in [-0.15, -0.1) is 0 Å². The normalized spacial score (nSPS) is 42.9. The molecule has 7 rings (SSSR count). The summed E-state index contributed by atoms with van der Waals surface area (Å²) in [6.45, 7) is 16.0. The Bertz CT molecular complexity index is 1590. The first-order valence-electron chi connectivity index (χ1n) is 17.1. The third-order valence-corrected chi connectivity index (χ3v) is 15.0. The Morgan fingerprint density at radius 3 is 2.07 bits per heavy atom. The molecule has 1 aliphatic heterocycles. The number of nitriles is 1. The number of ketones is 2. The SMILES string of the molecule is CC1(C)CC[C@]2(CN3C(=O)c4ccccc4C3=O)CC[C@]3(C)[C@H](C(=O)C[C@@H]4[C@@]5(C)C=C(C#N)C(=O)C(C)(C)[C@@H]5CC[C@]43C)[C@@H]2C1. The second-order valence-electron chi connectivity index (χ2n) is 17.8. The van der Waals surface area contributed by atoms with E-state index in [1.807, 2.05) is 32.1 Å². The van der Waals surface area contributed by atoms with Gasteiger partial charge in [0.2, 0.25) is 0 Å². The van der Waals surface area contributed by atoms with Gasteiger partial charge in [0.05, 0.1) is 16.7 Å². The van der Waals surface area contributed by atoms with E-state index in [9.17, 15) is 24.4 Å². The number of carbonyl (C=O) groups is 4. The zero-order valence-corrected chi connectivity index (χ0v) is 28.1. The molecule has 0 saturated heterocycles. The van der Waals surface area contributed by atoms with E-state index in [1.54, 1.807) is 12.1 Å². The van der Waals surface area contributed by atoms with Gasteiger partial charge in [0.15, 0.2) is 5.78 Å². The summed E-state index contributed by atoms with van der Waals surface area (Å²) in [6, 6.07) is 9.35. The van der Waals surface area contributed by atoms with Crippen LogP contribution in [-0.2, 0) is 9.59 Å². The van der Waals surface area contributed by atoms with Crippen molar-refractivity contribution in [2.45, 2.75) is 99.8 Å². The number of amides is 2. The number of Topliss-reactive ketones (excluding diaryl/α,β-unsaturated/α-hetero) is 2. The summed E-state index contributed by atoms with van der Waals surface area (Å²) in [4.78, 5) is 57.0. The van der Waals surface area contributed by atoms with Crippen molar-refractivity contribution >= 4 is 23.4 Å². The number of benzene rings is 1. The molecule has 4 saturated carbocycles. The first kappa shape index (κ1) is 30.6. The maximum Gasteiger partial charge on any atom is 0.261 e. The van der Waals surface area contributed by atoms with E-state index in [0.717, 1.165) is 44.9 Å². The molecule has 6 aliphatic rings. The second kappa shape index (κ2) is 9.26. The van der Waals surface area contributed by atoms with Gasteiger partial charge in [0.1, 0.15) is 11.9 Å². The Kier molecular flexibility index (Phi) is 6.29. The minimum absolute atomic E-state index is 0.0357. The molecule has 0 unspecified atom stereocenters. The third kappa shape index (κ3) is 3.79. The summed E-state index contributed by atoms with van der Waals surface area (Å²) >= 11 is 0. The van der Waals surface area contributed by atoms with Gasteiger partial charge in [-0.05, 0) is 102 Å². The number of nitrogens with zero attached hydrogens (tertiary/aromatic N) is 2. The van der Waals surface area contributed by atoms with Crippen LogP contribution in [-0.4, -0.2) is 34.8 Å². The highest BCUT2D eigenvalue weighted by Crippen LogP contribution is 2.76. The maximum absolute atomic E-state index is 14.9. The molecular weight excluding hydrogens is 560 g/mol. The zero-order chi connectivity index (χ0) is 32.5. The number of carbonyl (C=O) groups excluding carboxylic acids is 4. The lowest BCUT2D eigenvalue weighted by molar-refractivity contribution is -0.223. The van der Waals surface area contributed by atoms with E-state index in [0.29, 0.717) is 29.9 Å². The lowest BCUT2D eigenvalue weighted by Gasteiger charge is -2.72. The topological polar surface area (TPSA) is 95.3 Å². The van der Waals surface area contributed by atoms with Crippen molar-refractivity contribution in [1.29, 1.82) is 5.26 Å². The van der Waals surface area contributed by atoms with Gasteiger partial charge in [-0.25, -0.2) is 0 Å². The van der Waals surface area contributed by atoms with Crippen LogP contribution in [0.3, 0.4) is 0 Å². The maximum atomic E-state index is 14.9. The fourth-order valence-electron chi connectivity index (χ4n) is 12.4. The molecule has 45 heavy (non-hydrogen) atoms. The van der Waals surface area contributed by atoms with Crippen molar-refractivity contribution in [1.82, 2.24) is 4.90 Å². The monoisotopic (exact) mass is 608 g/mol. The van der Waals surface area contributed by atoms with Gasteiger partial charge < -0.3 is 0 Å². The Balaban J connectivity index is 1.30. The molecule has 5 aliphatic carbocycles. The smallest absolute Gasteiger partial charge is 0.261 e. The number of hydrogen-bond donors (Lipinski definition) is 0.